The van der Waals surface area contributed by atoms with E-state index < -0.39 is 0 Å². The zero-order valence-electron chi connectivity index (χ0n) is 8.91. The molecule has 0 aliphatic heterocycles. The van der Waals surface area contributed by atoms with Crippen LogP contribution in [-0.4, -0.2) is 6.29 Å². The molecule has 0 saturated heterocycles. The van der Waals surface area contributed by atoms with Gasteiger partial charge < -0.3 is 0 Å². The first-order valence-corrected chi connectivity index (χ1v) is 5.03. The summed E-state index contributed by atoms with van der Waals surface area (Å²) in [6.45, 7) is 1.71. The second-order valence-electron chi connectivity index (χ2n) is 3.62. The molecule has 0 spiro atoms. The number of carbonyl (C=O) groups excluding carboxylic acids is 1. The maximum absolute atomic E-state index is 13.4. The molecule has 2 aromatic carbocycles. The predicted molar refractivity (Wildman–Crippen MR) is 62.0 cm³/mol. The van der Waals surface area contributed by atoms with Gasteiger partial charge in [-0.25, -0.2) is 4.39 Å². The van der Waals surface area contributed by atoms with Crippen LogP contribution in [0.3, 0.4) is 0 Å². The molecule has 0 unspecified atom stereocenters. The summed E-state index contributed by atoms with van der Waals surface area (Å²) in [6, 6.07) is 12.1. The van der Waals surface area contributed by atoms with E-state index in [2.05, 4.69) is 0 Å². The van der Waals surface area contributed by atoms with Gasteiger partial charge in [0, 0.05) is 5.56 Å². The molecule has 0 fully saturated rings. The van der Waals surface area contributed by atoms with Crippen molar-refractivity contribution >= 4 is 6.29 Å². The van der Waals surface area contributed by atoms with Crippen LogP contribution in [0.4, 0.5) is 4.39 Å². The molecule has 0 atom stereocenters. The zero-order valence-corrected chi connectivity index (χ0v) is 8.91. The van der Waals surface area contributed by atoms with Crippen LogP contribution in [-0.2, 0) is 0 Å². The average molecular weight is 214 g/mol. The third kappa shape index (κ3) is 1.74. The lowest BCUT2D eigenvalue weighted by molar-refractivity contribution is 0.112. The van der Waals surface area contributed by atoms with Crippen molar-refractivity contribution in [2.45, 2.75) is 6.92 Å². The van der Waals surface area contributed by atoms with Crippen molar-refractivity contribution in [3.8, 4) is 11.1 Å². The lowest BCUT2D eigenvalue weighted by atomic mass is 9.96. The molecule has 0 N–H and O–H groups in total. The fraction of sp³-hybridized carbons (Fsp3) is 0.0714. The summed E-state index contributed by atoms with van der Waals surface area (Å²) in [5.41, 5.74) is 2.69. The Balaban J connectivity index is 2.67. The summed E-state index contributed by atoms with van der Waals surface area (Å²) >= 11 is 0. The number of benzene rings is 2. The van der Waals surface area contributed by atoms with Crippen molar-refractivity contribution in [2.75, 3.05) is 0 Å². The van der Waals surface area contributed by atoms with Crippen molar-refractivity contribution in [2.24, 2.45) is 0 Å². The van der Waals surface area contributed by atoms with Gasteiger partial charge in [0.2, 0.25) is 0 Å². The van der Waals surface area contributed by atoms with E-state index in [1.807, 2.05) is 18.2 Å². The van der Waals surface area contributed by atoms with Crippen molar-refractivity contribution in [3.63, 3.8) is 0 Å². The minimum Gasteiger partial charge on any atom is -0.298 e. The molecule has 0 amide bonds. The Morgan fingerprint density at radius 2 is 1.69 bits per heavy atom. The monoisotopic (exact) mass is 214 g/mol. The van der Waals surface area contributed by atoms with E-state index >= 15 is 0 Å². The predicted octanol–water partition coefficient (Wildman–Crippen LogP) is 3.61. The summed E-state index contributed by atoms with van der Waals surface area (Å²) in [5, 5.41) is 0. The standard InChI is InChI=1S/C14H11FO/c1-10-12(7-4-8-14(10)15)13-6-3-2-5-11(13)9-16/h2-9H,1H3. The molecular weight excluding hydrogens is 203 g/mol. The SMILES string of the molecule is Cc1c(F)cccc1-c1ccccc1C=O. The number of halogens is 1. The second kappa shape index (κ2) is 4.27. The normalized spacial score (nSPS) is 10.1. The maximum atomic E-state index is 13.4. The van der Waals surface area contributed by atoms with Crippen LogP contribution >= 0.6 is 0 Å². The summed E-state index contributed by atoms with van der Waals surface area (Å²) in [7, 11) is 0. The lowest BCUT2D eigenvalue weighted by Crippen LogP contribution is -1.91. The number of aldehydes is 1. The van der Waals surface area contributed by atoms with Gasteiger partial charge in [0.05, 0.1) is 0 Å². The van der Waals surface area contributed by atoms with Gasteiger partial charge in [0.1, 0.15) is 5.82 Å². The largest absolute Gasteiger partial charge is 0.298 e. The first-order valence-electron chi connectivity index (χ1n) is 5.03. The van der Waals surface area contributed by atoms with Crippen molar-refractivity contribution in [3.05, 3.63) is 59.4 Å². The Hall–Kier alpha value is -1.96. The smallest absolute Gasteiger partial charge is 0.150 e. The fourth-order valence-corrected chi connectivity index (χ4v) is 1.74. The van der Waals surface area contributed by atoms with Gasteiger partial charge in [-0.3, -0.25) is 4.79 Å². The summed E-state index contributed by atoms with van der Waals surface area (Å²) in [4.78, 5) is 10.9. The van der Waals surface area contributed by atoms with Gasteiger partial charge >= 0.3 is 0 Å². The summed E-state index contributed by atoms with van der Waals surface area (Å²) in [6.07, 6.45) is 0.791. The van der Waals surface area contributed by atoms with Crippen molar-refractivity contribution < 1.29 is 9.18 Å². The summed E-state index contributed by atoms with van der Waals surface area (Å²) in [5.74, 6) is -0.252. The number of carbonyl (C=O) groups is 1. The van der Waals surface area contributed by atoms with E-state index in [1.54, 1.807) is 25.1 Å². The number of hydrogen-bond acceptors (Lipinski definition) is 1. The third-order valence-corrected chi connectivity index (χ3v) is 2.65. The molecule has 0 saturated carbocycles. The Morgan fingerprint density at radius 1 is 1.00 bits per heavy atom. The maximum Gasteiger partial charge on any atom is 0.150 e. The van der Waals surface area contributed by atoms with Crippen molar-refractivity contribution in [1.29, 1.82) is 0 Å². The minimum atomic E-state index is -0.252. The van der Waals surface area contributed by atoms with Crippen LogP contribution in [0.15, 0.2) is 42.5 Å². The first kappa shape index (κ1) is 10.6. The number of hydrogen-bond donors (Lipinski definition) is 0. The highest BCUT2D eigenvalue weighted by Gasteiger charge is 2.08. The summed E-state index contributed by atoms with van der Waals surface area (Å²) < 4.78 is 13.4. The van der Waals surface area contributed by atoms with Crippen LogP contribution in [0.25, 0.3) is 11.1 Å². The molecule has 0 bridgehead atoms. The zero-order chi connectivity index (χ0) is 11.5. The Kier molecular flexibility index (Phi) is 2.82. The van der Waals surface area contributed by atoms with E-state index in [1.165, 1.54) is 6.07 Å². The van der Waals surface area contributed by atoms with Gasteiger partial charge in [0.15, 0.2) is 6.29 Å². The van der Waals surface area contributed by atoms with Crippen LogP contribution in [0.2, 0.25) is 0 Å². The molecule has 1 nitrogen and oxygen atoms in total. The minimum absolute atomic E-state index is 0.252. The van der Waals surface area contributed by atoms with Crippen LogP contribution in [0.1, 0.15) is 15.9 Å². The Bertz CT molecular complexity index is 532. The van der Waals surface area contributed by atoms with Gasteiger partial charge in [-0.15, -0.1) is 0 Å². The molecule has 0 aliphatic rings. The first-order chi connectivity index (χ1) is 7.74. The average Bonchev–Trinajstić information content (AvgIpc) is 2.33. The van der Waals surface area contributed by atoms with E-state index in [0.29, 0.717) is 11.1 Å². The highest BCUT2D eigenvalue weighted by Crippen LogP contribution is 2.27. The van der Waals surface area contributed by atoms with Gasteiger partial charge in [-0.1, -0.05) is 36.4 Å². The molecule has 0 radical (unpaired) electrons. The van der Waals surface area contributed by atoms with Gasteiger partial charge in [-0.2, -0.15) is 0 Å². The molecule has 2 heteroatoms. The van der Waals surface area contributed by atoms with Crippen LogP contribution in [0.5, 0.6) is 0 Å². The molecular formula is C14H11FO. The molecule has 0 aromatic heterocycles. The topological polar surface area (TPSA) is 17.1 Å². The highest BCUT2D eigenvalue weighted by molar-refractivity contribution is 5.88. The second-order valence-corrected chi connectivity index (χ2v) is 3.62. The molecule has 2 rings (SSSR count). The molecule has 16 heavy (non-hydrogen) atoms. The lowest BCUT2D eigenvalue weighted by Gasteiger charge is -2.08. The fourth-order valence-electron chi connectivity index (χ4n) is 1.74. The number of rotatable bonds is 2. The highest BCUT2D eigenvalue weighted by atomic mass is 19.1. The van der Waals surface area contributed by atoms with Gasteiger partial charge in [0.25, 0.3) is 0 Å². The van der Waals surface area contributed by atoms with Gasteiger partial charge in [-0.05, 0) is 29.7 Å². The van der Waals surface area contributed by atoms with Crippen LogP contribution in [0, 0.1) is 12.7 Å². The van der Waals surface area contributed by atoms with E-state index in [4.69, 9.17) is 0 Å². The Morgan fingerprint density at radius 3 is 2.44 bits per heavy atom. The van der Waals surface area contributed by atoms with E-state index in [9.17, 15) is 9.18 Å². The van der Waals surface area contributed by atoms with E-state index in [0.717, 1.165) is 17.4 Å². The third-order valence-electron chi connectivity index (χ3n) is 2.65. The quantitative estimate of drug-likeness (QED) is 0.698. The Labute approximate surface area is 93.5 Å². The van der Waals surface area contributed by atoms with E-state index in [-0.39, 0.29) is 5.82 Å². The molecule has 0 aliphatic carbocycles. The molecule has 0 heterocycles. The van der Waals surface area contributed by atoms with Crippen LogP contribution < -0.4 is 0 Å². The molecule has 2 aromatic rings. The molecule has 80 valence electrons. The van der Waals surface area contributed by atoms with Crippen molar-refractivity contribution in [1.82, 2.24) is 0 Å².